The standard InChI is InChI=1S/C17H26N4S/c1-13(2)21-10-7-18-15(21)12-20-8-5-17(4,6-9-20)16-19-11-14(3)22-16/h7,10-11,13H,5-6,8-9,12H2,1-4H3. The van der Waals surface area contributed by atoms with E-state index in [1.165, 1.54) is 28.6 Å². The highest BCUT2D eigenvalue weighted by Gasteiger charge is 2.34. The molecule has 0 amide bonds. The minimum absolute atomic E-state index is 0.253. The topological polar surface area (TPSA) is 34.0 Å². The predicted molar refractivity (Wildman–Crippen MR) is 91.3 cm³/mol. The SMILES string of the molecule is Cc1cnc(C2(C)CCN(Cc3nccn3C(C)C)CC2)s1. The first kappa shape index (κ1) is 15.7. The summed E-state index contributed by atoms with van der Waals surface area (Å²) in [5, 5.41) is 1.31. The van der Waals surface area contributed by atoms with Gasteiger partial charge in [0.1, 0.15) is 5.82 Å². The monoisotopic (exact) mass is 318 g/mol. The molecule has 0 unspecified atom stereocenters. The molecule has 1 fully saturated rings. The second kappa shape index (κ2) is 6.13. The van der Waals surface area contributed by atoms with Crippen molar-refractivity contribution < 1.29 is 0 Å². The summed E-state index contributed by atoms with van der Waals surface area (Å²) >= 11 is 1.86. The first-order chi connectivity index (χ1) is 10.5. The van der Waals surface area contributed by atoms with E-state index >= 15 is 0 Å². The zero-order chi connectivity index (χ0) is 15.7. The fourth-order valence-electron chi connectivity index (χ4n) is 3.19. The van der Waals surface area contributed by atoms with E-state index in [-0.39, 0.29) is 5.41 Å². The second-order valence-electron chi connectivity index (χ2n) is 6.96. The maximum Gasteiger partial charge on any atom is 0.123 e. The summed E-state index contributed by atoms with van der Waals surface area (Å²) in [5.74, 6) is 1.18. The van der Waals surface area contributed by atoms with Crippen molar-refractivity contribution in [3.05, 3.63) is 34.3 Å². The van der Waals surface area contributed by atoms with Crippen molar-refractivity contribution in [1.82, 2.24) is 19.4 Å². The van der Waals surface area contributed by atoms with Gasteiger partial charge in [-0.25, -0.2) is 9.97 Å². The molecule has 2 aromatic heterocycles. The molecule has 1 saturated heterocycles. The van der Waals surface area contributed by atoms with E-state index in [1.54, 1.807) is 0 Å². The van der Waals surface area contributed by atoms with Crippen molar-refractivity contribution in [1.29, 1.82) is 0 Å². The maximum absolute atomic E-state index is 4.63. The molecule has 0 radical (unpaired) electrons. The number of nitrogens with zero attached hydrogens (tertiary/aromatic N) is 4. The van der Waals surface area contributed by atoms with E-state index in [9.17, 15) is 0 Å². The van der Waals surface area contributed by atoms with Gasteiger partial charge in [-0.1, -0.05) is 6.92 Å². The van der Waals surface area contributed by atoms with Crippen LogP contribution in [0.2, 0.25) is 0 Å². The molecule has 4 nitrogen and oxygen atoms in total. The summed E-state index contributed by atoms with van der Waals surface area (Å²) in [6.45, 7) is 12.1. The van der Waals surface area contributed by atoms with Gasteiger partial charge in [0.15, 0.2) is 0 Å². The number of hydrogen-bond acceptors (Lipinski definition) is 4. The predicted octanol–water partition coefficient (Wildman–Crippen LogP) is 3.78. The molecule has 3 heterocycles. The Labute approximate surface area is 137 Å². The molecule has 22 heavy (non-hydrogen) atoms. The largest absolute Gasteiger partial charge is 0.331 e. The summed E-state index contributed by atoms with van der Waals surface area (Å²) in [5.41, 5.74) is 0.253. The summed E-state index contributed by atoms with van der Waals surface area (Å²) in [6, 6.07) is 0.478. The van der Waals surface area contributed by atoms with Gasteiger partial charge in [-0.3, -0.25) is 4.90 Å². The van der Waals surface area contributed by atoms with Crippen molar-refractivity contribution in [2.75, 3.05) is 13.1 Å². The van der Waals surface area contributed by atoms with Crippen LogP contribution in [0.1, 0.15) is 55.4 Å². The van der Waals surface area contributed by atoms with Crippen LogP contribution in [0, 0.1) is 6.92 Å². The molecular weight excluding hydrogens is 292 g/mol. The van der Waals surface area contributed by atoms with Crippen molar-refractivity contribution in [2.45, 2.75) is 58.5 Å². The molecule has 0 spiro atoms. The van der Waals surface area contributed by atoms with Gasteiger partial charge < -0.3 is 4.57 Å². The third-order valence-corrected chi connectivity index (χ3v) is 5.99. The molecule has 120 valence electrons. The van der Waals surface area contributed by atoms with E-state index in [0.29, 0.717) is 6.04 Å². The zero-order valence-electron chi connectivity index (χ0n) is 14.0. The van der Waals surface area contributed by atoms with E-state index in [4.69, 9.17) is 0 Å². The molecule has 2 aromatic rings. The lowest BCUT2D eigenvalue weighted by Crippen LogP contribution is -2.41. The lowest BCUT2D eigenvalue weighted by Gasteiger charge is -2.38. The number of likely N-dealkylation sites (tertiary alicyclic amines) is 1. The molecule has 1 aliphatic rings. The number of aromatic nitrogens is 3. The summed E-state index contributed by atoms with van der Waals surface area (Å²) in [6.07, 6.45) is 8.38. The number of rotatable bonds is 4. The van der Waals surface area contributed by atoms with Gasteiger partial charge >= 0.3 is 0 Å². The average molecular weight is 318 g/mol. The van der Waals surface area contributed by atoms with E-state index in [1.807, 2.05) is 23.7 Å². The molecule has 0 bridgehead atoms. The van der Waals surface area contributed by atoms with E-state index in [2.05, 4.69) is 53.3 Å². The Morgan fingerprint density at radius 2 is 2.00 bits per heavy atom. The lowest BCUT2D eigenvalue weighted by atomic mass is 9.81. The van der Waals surface area contributed by atoms with Gasteiger partial charge in [-0.2, -0.15) is 0 Å². The Kier molecular flexibility index (Phi) is 4.37. The average Bonchev–Trinajstić information content (AvgIpc) is 3.11. The van der Waals surface area contributed by atoms with Crippen LogP contribution < -0.4 is 0 Å². The third-order valence-electron chi connectivity index (χ3n) is 4.77. The number of hydrogen-bond donors (Lipinski definition) is 0. The molecule has 0 atom stereocenters. The van der Waals surface area contributed by atoms with Crippen LogP contribution in [0.5, 0.6) is 0 Å². The van der Waals surface area contributed by atoms with Gasteiger partial charge in [0.05, 0.1) is 11.6 Å². The molecule has 0 aromatic carbocycles. The van der Waals surface area contributed by atoms with Crippen LogP contribution >= 0.6 is 11.3 Å². The highest BCUT2D eigenvalue weighted by Crippen LogP contribution is 2.37. The van der Waals surface area contributed by atoms with Crippen LogP contribution in [-0.4, -0.2) is 32.5 Å². The third kappa shape index (κ3) is 3.10. The highest BCUT2D eigenvalue weighted by molar-refractivity contribution is 7.11. The molecule has 1 aliphatic heterocycles. The highest BCUT2D eigenvalue weighted by atomic mass is 32.1. The van der Waals surface area contributed by atoms with Crippen molar-refractivity contribution >= 4 is 11.3 Å². The van der Waals surface area contributed by atoms with Crippen LogP contribution in [-0.2, 0) is 12.0 Å². The lowest BCUT2D eigenvalue weighted by molar-refractivity contribution is 0.156. The second-order valence-corrected chi connectivity index (χ2v) is 8.19. The van der Waals surface area contributed by atoms with Crippen LogP contribution in [0.3, 0.4) is 0 Å². The Hall–Kier alpha value is -1.20. The van der Waals surface area contributed by atoms with Gasteiger partial charge in [0, 0.05) is 34.9 Å². The normalized spacial score (nSPS) is 19.0. The Bertz CT molecular complexity index is 620. The Morgan fingerprint density at radius 1 is 1.27 bits per heavy atom. The minimum Gasteiger partial charge on any atom is -0.331 e. The molecular formula is C17H26N4S. The fourth-order valence-corrected chi connectivity index (χ4v) is 4.16. The summed E-state index contributed by atoms with van der Waals surface area (Å²) in [7, 11) is 0. The number of thiazole rings is 1. The van der Waals surface area contributed by atoms with Gasteiger partial charge in [-0.15, -0.1) is 11.3 Å². The van der Waals surface area contributed by atoms with Crippen LogP contribution in [0.4, 0.5) is 0 Å². The van der Waals surface area contributed by atoms with E-state index in [0.717, 1.165) is 19.6 Å². The van der Waals surface area contributed by atoms with Crippen molar-refractivity contribution in [2.24, 2.45) is 0 Å². The molecule has 0 N–H and O–H groups in total. The van der Waals surface area contributed by atoms with Crippen molar-refractivity contribution in [3.8, 4) is 0 Å². The number of piperidine rings is 1. The molecule has 5 heteroatoms. The quantitative estimate of drug-likeness (QED) is 0.860. The van der Waals surface area contributed by atoms with Gasteiger partial charge in [-0.05, 0) is 46.7 Å². The number of aryl methyl sites for hydroxylation is 1. The van der Waals surface area contributed by atoms with Gasteiger partial charge in [0.2, 0.25) is 0 Å². The smallest absolute Gasteiger partial charge is 0.123 e. The summed E-state index contributed by atoms with van der Waals surface area (Å²) < 4.78 is 2.28. The summed E-state index contributed by atoms with van der Waals surface area (Å²) in [4.78, 5) is 13.0. The van der Waals surface area contributed by atoms with Crippen molar-refractivity contribution in [3.63, 3.8) is 0 Å². The molecule has 0 aliphatic carbocycles. The minimum atomic E-state index is 0.253. The molecule has 0 saturated carbocycles. The molecule has 3 rings (SSSR count). The maximum atomic E-state index is 4.63. The fraction of sp³-hybridized carbons (Fsp3) is 0.647. The zero-order valence-corrected chi connectivity index (χ0v) is 14.9. The Morgan fingerprint density at radius 3 is 2.59 bits per heavy atom. The van der Waals surface area contributed by atoms with Crippen LogP contribution in [0.25, 0.3) is 0 Å². The van der Waals surface area contributed by atoms with E-state index < -0.39 is 0 Å². The van der Waals surface area contributed by atoms with Gasteiger partial charge in [0.25, 0.3) is 0 Å². The number of imidazole rings is 1. The first-order valence-corrected chi connectivity index (χ1v) is 8.96. The van der Waals surface area contributed by atoms with Crippen LogP contribution in [0.15, 0.2) is 18.6 Å². The Balaban J connectivity index is 1.63. The first-order valence-electron chi connectivity index (χ1n) is 8.15.